The Balaban J connectivity index is 1.78. The van der Waals surface area contributed by atoms with Crippen LogP contribution in [0.3, 0.4) is 0 Å². The summed E-state index contributed by atoms with van der Waals surface area (Å²) in [5.74, 6) is -0.0502. The molecule has 1 aliphatic heterocycles. The minimum absolute atomic E-state index is 0.00658. The van der Waals surface area contributed by atoms with Crippen LogP contribution in [0.1, 0.15) is 28.3 Å². The highest BCUT2D eigenvalue weighted by atomic mass is 32.1. The SMILES string of the molecule is Cc1nc(C(=O)N2CCCC2Cn2ncccc2=O)cs1. The van der Waals surface area contributed by atoms with Gasteiger partial charge in [0, 0.05) is 24.2 Å². The first-order chi connectivity index (χ1) is 10.1. The molecule has 1 amide bonds. The van der Waals surface area contributed by atoms with E-state index in [1.54, 1.807) is 17.6 Å². The van der Waals surface area contributed by atoms with Crippen LogP contribution < -0.4 is 5.56 Å². The molecule has 0 aliphatic carbocycles. The van der Waals surface area contributed by atoms with Gasteiger partial charge in [-0.25, -0.2) is 9.67 Å². The van der Waals surface area contributed by atoms with Gasteiger partial charge in [-0.3, -0.25) is 9.59 Å². The second-order valence-electron chi connectivity index (χ2n) is 5.09. The summed E-state index contributed by atoms with van der Waals surface area (Å²) in [4.78, 5) is 30.3. The maximum Gasteiger partial charge on any atom is 0.273 e. The Morgan fingerprint density at radius 1 is 1.52 bits per heavy atom. The molecule has 1 atom stereocenters. The number of carbonyl (C=O) groups is 1. The lowest BCUT2D eigenvalue weighted by atomic mass is 10.2. The van der Waals surface area contributed by atoms with Crippen molar-refractivity contribution in [1.82, 2.24) is 19.7 Å². The highest BCUT2D eigenvalue weighted by Gasteiger charge is 2.31. The molecule has 2 aromatic rings. The van der Waals surface area contributed by atoms with E-state index in [0.29, 0.717) is 18.8 Å². The number of hydrogen-bond acceptors (Lipinski definition) is 5. The minimum Gasteiger partial charge on any atom is -0.332 e. The molecule has 21 heavy (non-hydrogen) atoms. The number of aryl methyl sites for hydroxylation is 1. The van der Waals surface area contributed by atoms with Crippen molar-refractivity contribution in [2.75, 3.05) is 6.54 Å². The second-order valence-corrected chi connectivity index (χ2v) is 6.15. The van der Waals surface area contributed by atoms with Crippen molar-refractivity contribution < 1.29 is 4.79 Å². The van der Waals surface area contributed by atoms with Crippen LogP contribution in [0, 0.1) is 6.92 Å². The van der Waals surface area contributed by atoms with Crippen LogP contribution in [0.4, 0.5) is 0 Å². The molecule has 0 saturated carbocycles. The van der Waals surface area contributed by atoms with Crippen LogP contribution >= 0.6 is 11.3 Å². The van der Waals surface area contributed by atoms with Crippen LogP contribution in [-0.2, 0) is 6.54 Å². The summed E-state index contributed by atoms with van der Waals surface area (Å²) in [6.07, 6.45) is 3.42. The second kappa shape index (κ2) is 5.77. The molecule has 0 N–H and O–H groups in total. The van der Waals surface area contributed by atoms with E-state index in [1.807, 2.05) is 11.8 Å². The first-order valence-electron chi connectivity index (χ1n) is 6.90. The molecule has 1 saturated heterocycles. The van der Waals surface area contributed by atoms with Crippen molar-refractivity contribution in [3.63, 3.8) is 0 Å². The quantitative estimate of drug-likeness (QED) is 0.857. The van der Waals surface area contributed by atoms with E-state index in [1.165, 1.54) is 22.1 Å². The summed E-state index contributed by atoms with van der Waals surface area (Å²) < 4.78 is 1.42. The Bertz CT molecular complexity index is 709. The first-order valence-corrected chi connectivity index (χ1v) is 7.78. The van der Waals surface area contributed by atoms with E-state index in [0.717, 1.165) is 17.8 Å². The maximum atomic E-state index is 12.5. The molecular formula is C14H16N4O2S. The molecule has 1 fully saturated rings. The van der Waals surface area contributed by atoms with Crippen molar-refractivity contribution in [3.05, 3.63) is 44.8 Å². The van der Waals surface area contributed by atoms with Gasteiger partial charge in [0.25, 0.3) is 11.5 Å². The van der Waals surface area contributed by atoms with E-state index in [2.05, 4.69) is 10.1 Å². The monoisotopic (exact) mass is 304 g/mol. The van der Waals surface area contributed by atoms with Crippen molar-refractivity contribution >= 4 is 17.2 Å². The van der Waals surface area contributed by atoms with Crippen LogP contribution in [0.2, 0.25) is 0 Å². The highest BCUT2D eigenvalue weighted by Crippen LogP contribution is 2.21. The van der Waals surface area contributed by atoms with E-state index >= 15 is 0 Å². The largest absolute Gasteiger partial charge is 0.332 e. The highest BCUT2D eigenvalue weighted by molar-refractivity contribution is 7.09. The van der Waals surface area contributed by atoms with Gasteiger partial charge in [-0.2, -0.15) is 5.10 Å². The zero-order valence-electron chi connectivity index (χ0n) is 11.7. The minimum atomic E-state index is -0.138. The molecule has 6 nitrogen and oxygen atoms in total. The number of amides is 1. The van der Waals surface area contributed by atoms with Gasteiger partial charge >= 0.3 is 0 Å². The number of carbonyl (C=O) groups excluding carboxylic acids is 1. The number of hydrogen-bond donors (Lipinski definition) is 0. The van der Waals surface area contributed by atoms with Crippen LogP contribution in [0.25, 0.3) is 0 Å². The Hall–Kier alpha value is -2.02. The topological polar surface area (TPSA) is 68.1 Å². The lowest BCUT2D eigenvalue weighted by Gasteiger charge is -2.24. The van der Waals surface area contributed by atoms with Crippen molar-refractivity contribution in [2.45, 2.75) is 32.4 Å². The first kappa shape index (κ1) is 13.9. The number of nitrogens with zero attached hydrogens (tertiary/aromatic N) is 4. The van der Waals surface area contributed by atoms with Crippen LogP contribution in [0.5, 0.6) is 0 Å². The fourth-order valence-electron chi connectivity index (χ4n) is 2.63. The molecule has 1 aliphatic rings. The molecule has 3 heterocycles. The molecule has 2 aromatic heterocycles. The van der Waals surface area contributed by atoms with Gasteiger partial charge in [0.2, 0.25) is 0 Å². The molecule has 7 heteroatoms. The fourth-order valence-corrected chi connectivity index (χ4v) is 3.21. The predicted molar refractivity (Wildman–Crippen MR) is 79.4 cm³/mol. The molecule has 110 valence electrons. The van der Waals surface area contributed by atoms with E-state index in [-0.39, 0.29) is 17.5 Å². The lowest BCUT2D eigenvalue weighted by Crippen LogP contribution is -2.40. The summed E-state index contributed by atoms with van der Waals surface area (Å²) in [5.41, 5.74) is 0.360. The average Bonchev–Trinajstić information content (AvgIpc) is 3.10. The summed E-state index contributed by atoms with van der Waals surface area (Å²) in [6, 6.07) is 3.11. The third-order valence-electron chi connectivity index (χ3n) is 3.65. The van der Waals surface area contributed by atoms with Gasteiger partial charge in [-0.15, -0.1) is 11.3 Å². The van der Waals surface area contributed by atoms with Crippen LogP contribution in [0.15, 0.2) is 28.5 Å². The number of likely N-dealkylation sites (tertiary alicyclic amines) is 1. The fraction of sp³-hybridized carbons (Fsp3) is 0.429. The van der Waals surface area contributed by atoms with Crippen molar-refractivity contribution in [3.8, 4) is 0 Å². The van der Waals surface area contributed by atoms with Gasteiger partial charge in [0.05, 0.1) is 17.6 Å². The summed E-state index contributed by atoms with van der Waals surface area (Å²) in [6.45, 7) is 3.03. The normalized spacial score (nSPS) is 18.1. The number of thiazole rings is 1. The molecule has 0 aromatic carbocycles. The molecule has 3 rings (SSSR count). The van der Waals surface area contributed by atoms with Gasteiger partial charge in [0.15, 0.2) is 0 Å². The molecule has 1 unspecified atom stereocenters. The lowest BCUT2D eigenvalue weighted by molar-refractivity contribution is 0.0715. The van der Waals surface area contributed by atoms with Gasteiger partial charge < -0.3 is 4.90 Å². The van der Waals surface area contributed by atoms with Gasteiger partial charge in [0.1, 0.15) is 5.69 Å². The Morgan fingerprint density at radius 2 is 2.38 bits per heavy atom. The van der Waals surface area contributed by atoms with Gasteiger partial charge in [-0.1, -0.05) is 0 Å². The molecule has 0 bridgehead atoms. The van der Waals surface area contributed by atoms with Crippen molar-refractivity contribution in [1.29, 1.82) is 0 Å². The Kier molecular flexibility index (Phi) is 3.83. The maximum absolute atomic E-state index is 12.5. The molecular weight excluding hydrogens is 288 g/mol. The van der Waals surface area contributed by atoms with Crippen molar-refractivity contribution in [2.24, 2.45) is 0 Å². The zero-order chi connectivity index (χ0) is 14.8. The standard InChI is InChI=1S/C14H16N4O2S/c1-10-16-12(9-21-10)14(20)17-7-3-4-11(17)8-18-13(19)5-2-6-15-18/h2,5-6,9,11H,3-4,7-8H2,1H3. The van der Waals surface area contributed by atoms with E-state index in [4.69, 9.17) is 0 Å². The average molecular weight is 304 g/mol. The zero-order valence-corrected chi connectivity index (χ0v) is 12.5. The summed E-state index contributed by atoms with van der Waals surface area (Å²) in [7, 11) is 0. The Morgan fingerprint density at radius 3 is 3.10 bits per heavy atom. The third kappa shape index (κ3) is 2.87. The van der Waals surface area contributed by atoms with Crippen LogP contribution in [-0.4, -0.2) is 38.2 Å². The number of aromatic nitrogens is 3. The van der Waals surface area contributed by atoms with E-state index in [9.17, 15) is 9.59 Å². The van der Waals surface area contributed by atoms with E-state index < -0.39 is 0 Å². The molecule has 0 spiro atoms. The number of rotatable bonds is 3. The summed E-state index contributed by atoms with van der Waals surface area (Å²) in [5, 5.41) is 6.74. The molecule has 0 radical (unpaired) electrons. The predicted octanol–water partition coefficient (Wildman–Crippen LogP) is 1.31. The Labute approximate surface area is 126 Å². The van der Waals surface area contributed by atoms with Gasteiger partial charge in [-0.05, 0) is 25.8 Å². The summed E-state index contributed by atoms with van der Waals surface area (Å²) >= 11 is 1.47. The smallest absolute Gasteiger partial charge is 0.273 e. The third-order valence-corrected chi connectivity index (χ3v) is 4.42.